The molecule has 0 fully saturated rings. The third kappa shape index (κ3) is 6.43. The van der Waals surface area contributed by atoms with Gasteiger partial charge in [-0.2, -0.15) is 0 Å². The summed E-state index contributed by atoms with van der Waals surface area (Å²) in [7, 11) is 0. The van der Waals surface area contributed by atoms with E-state index in [9.17, 15) is 19.2 Å². The van der Waals surface area contributed by atoms with Gasteiger partial charge in [0, 0.05) is 0 Å². The first-order chi connectivity index (χ1) is 8.23. The molecular formula is C9H15N3O6. The van der Waals surface area contributed by atoms with Crippen LogP contribution in [0.4, 0.5) is 0 Å². The Morgan fingerprint density at radius 2 is 1.78 bits per heavy atom. The molecule has 0 aliphatic rings. The molecule has 2 amide bonds. The fourth-order valence-corrected chi connectivity index (χ4v) is 0.934. The number of aliphatic carboxylic acids is 2. The highest BCUT2D eigenvalue weighted by molar-refractivity contribution is 5.90. The van der Waals surface area contributed by atoms with Crippen LogP contribution in [-0.2, 0) is 19.2 Å². The highest BCUT2D eigenvalue weighted by Crippen LogP contribution is 1.88. The Morgan fingerprint density at radius 1 is 1.22 bits per heavy atom. The predicted molar refractivity (Wildman–Crippen MR) is 58.5 cm³/mol. The van der Waals surface area contributed by atoms with Gasteiger partial charge in [0.2, 0.25) is 11.8 Å². The summed E-state index contributed by atoms with van der Waals surface area (Å²) in [4.78, 5) is 43.1. The first-order valence-electron chi connectivity index (χ1n) is 5.01. The quantitative estimate of drug-likeness (QED) is 0.338. The molecule has 0 bridgehead atoms. The molecule has 0 unspecified atom stereocenters. The summed E-state index contributed by atoms with van der Waals surface area (Å²) in [5, 5.41) is 21.1. The van der Waals surface area contributed by atoms with Crippen molar-refractivity contribution in [2.24, 2.45) is 5.73 Å². The highest BCUT2D eigenvalue weighted by atomic mass is 16.4. The van der Waals surface area contributed by atoms with Crippen LogP contribution in [0.1, 0.15) is 13.3 Å². The van der Waals surface area contributed by atoms with Crippen LogP contribution in [0.2, 0.25) is 0 Å². The molecule has 0 spiro atoms. The molecule has 102 valence electrons. The minimum absolute atomic E-state index is 0.468. The second kappa shape index (κ2) is 7.22. The summed E-state index contributed by atoms with van der Waals surface area (Å²) in [6.45, 7) is 0.794. The van der Waals surface area contributed by atoms with Gasteiger partial charge in [0.25, 0.3) is 0 Å². The lowest BCUT2D eigenvalue weighted by Gasteiger charge is -2.12. The molecule has 0 heterocycles. The zero-order chi connectivity index (χ0) is 14.3. The molecule has 6 N–H and O–H groups in total. The SMILES string of the molecule is C[C@H](NC(=O)CNC(=O)[C@@H](N)CC(=O)O)C(=O)O. The molecule has 0 aliphatic carbocycles. The largest absolute Gasteiger partial charge is 0.481 e. The first-order valence-corrected chi connectivity index (χ1v) is 5.01. The Kier molecular flexibility index (Phi) is 6.35. The smallest absolute Gasteiger partial charge is 0.325 e. The summed E-state index contributed by atoms with van der Waals surface area (Å²) in [6.07, 6.45) is -0.557. The lowest BCUT2D eigenvalue weighted by Crippen LogP contribution is -2.48. The van der Waals surface area contributed by atoms with Gasteiger partial charge in [-0.05, 0) is 6.92 Å². The molecule has 0 radical (unpaired) electrons. The molecule has 2 atom stereocenters. The van der Waals surface area contributed by atoms with Crippen LogP contribution in [0.5, 0.6) is 0 Å². The van der Waals surface area contributed by atoms with Gasteiger partial charge >= 0.3 is 11.9 Å². The Hall–Kier alpha value is -2.16. The lowest BCUT2D eigenvalue weighted by atomic mass is 10.2. The molecule has 9 heteroatoms. The maximum atomic E-state index is 11.2. The number of amides is 2. The van der Waals surface area contributed by atoms with E-state index in [-0.39, 0.29) is 0 Å². The van der Waals surface area contributed by atoms with Crippen LogP contribution in [0, 0.1) is 0 Å². The number of nitrogens with two attached hydrogens (primary N) is 1. The van der Waals surface area contributed by atoms with E-state index in [1.54, 1.807) is 0 Å². The number of hydrogen-bond donors (Lipinski definition) is 5. The highest BCUT2D eigenvalue weighted by Gasteiger charge is 2.18. The molecule has 18 heavy (non-hydrogen) atoms. The van der Waals surface area contributed by atoms with Crippen molar-refractivity contribution < 1.29 is 29.4 Å². The van der Waals surface area contributed by atoms with E-state index < -0.39 is 48.8 Å². The minimum Gasteiger partial charge on any atom is -0.481 e. The zero-order valence-electron chi connectivity index (χ0n) is 9.67. The van der Waals surface area contributed by atoms with E-state index in [1.165, 1.54) is 6.92 Å². The molecule has 0 saturated carbocycles. The maximum absolute atomic E-state index is 11.2. The summed E-state index contributed by atoms with van der Waals surface area (Å²) in [5.41, 5.74) is 5.24. The lowest BCUT2D eigenvalue weighted by molar-refractivity contribution is -0.141. The van der Waals surface area contributed by atoms with Crippen molar-refractivity contribution in [2.75, 3.05) is 6.54 Å². The summed E-state index contributed by atoms with van der Waals surface area (Å²) < 4.78 is 0. The summed E-state index contributed by atoms with van der Waals surface area (Å²) in [5.74, 6) is -3.95. The second-order valence-corrected chi connectivity index (χ2v) is 3.55. The van der Waals surface area contributed by atoms with E-state index in [4.69, 9.17) is 15.9 Å². The normalized spacial score (nSPS) is 13.2. The van der Waals surface area contributed by atoms with Crippen LogP contribution in [0.3, 0.4) is 0 Å². The molecule has 9 nitrogen and oxygen atoms in total. The van der Waals surface area contributed by atoms with E-state index in [0.717, 1.165) is 0 Å². The molecular weight excluding hydrogens is 246 g/mol. The molecule has 0 aromatic heterocycles. The average molecular weight is 261 g/mol. The van der Waals surface area contributed by atoms with Crippen LogP contribution in [-0.4, -0.2) is 52.6 Å². The van der Waals surface area contributed by atoms with E-state index in [0.29, 0.717) is 0 Å². The van der Waals surface area contributed by atoms with Crippen molar-refractivity contribution in [1.82, 2.24) is 10.6 Å². The van der Waals surface area contributed by atoms with Gasteiger partial charge in [-0.1, -0.05) is 0 Å². The van der Waals surface area contributed by atoms with Crippen LogP contribution >= 0.6 is 0 Å². The Labute approximate surface area is 102 Å². The molecule has 0 aliphatic heterocycles. The molecule has 0 aromatic rings. The predicted octanol–water partition coefficient (Wildman–Crippen LogP) is -2.51. The second-order valence-electron chi connectivity index (χ2n) is 3.55. The minimum atomic E-state index is -1.26. The van der Waals surface area contributed by atoms with Crippen molar-refractivity contribution in [2.45, 2.75) is 25.4 Å². The van der Waals surface area contributed by atoms with Gasteiger partial charge in [-0.15, -0.1) is 0 Å². The fourth-order valence-electron chi connectivity index (χ4n) is 0.934. The number of carboxylic acid groups (broad SMARTS) is 2. The van der Waals surface area contributed by atoms with Gasteiger partial charge in [0.15, 0.2) is 0 Å². The van der Waals surface area contributed by atoms with Gasteiger partial charge < -0.3 is 26.6 Å². The first kappa shape index (κ1) is 15.8. The fraction of sp³-hybridized carbons (Fsp3) is 0.556. The van der Waals surface area contributed by atoms with E-state index >= 15 is 0 Å². The van der Waals surface area contributed by atoms with Crippen molar-refractivity contribution in [3.05, 3.63) is 0 Å². The average Bonchev–Trinajstić information content (AvgIpc) is 2.24. The van der Waals surface area contributed by atoms with Gasteiger partial charge in [-0.25, -0.2) is 0 Å². The van der Waals surface area contributed by atoms with Gasteiger partial charge in [0.05, 0.1) is 19.0 Å². The van der Waals surface area contributed by atoms with E-state index in [1.807, 2.05) is 0 Å². The van der Waals surface area contributed by atoms with E-state index in [2.05, 4.69) is 10.6 Å². The standard InChI is InChI=1S/C9H15N3O6/c1-4(9(17)18)12-6(13)3-11-8(16)5(10)2-7(14)15/h4-5H,2-3,10H2,1H3,(H,11,16)(H,12,13)(H,14,15)(H,17,18)/t4-,5-/m0/s1. The van der Waals surface area contributed by atoms with Crippen LogP contribution < -0.4 is 16.4 Å². The zero-order valence-corrected chi connectivity index (χ0v) is 9.67. The van der Waals surface area contributed by atoms with Crippen molar-refractivity contribution in [3.63, 3.8) is 0 Å². The number of carbonyl (C=O) groups excluding carboxylic acids is 2. The van der Waals surface area contributed by atoms with Crippen molar-refractivity contribution in [1.29, 1.82) is 0 Å². The summed E-state index contributed by atoms with van der Waals surface area (Å²) >= 11 is 0. The molecule has 0 rings (SSSR count). The van der Waals surface area contributed by atoms with Crippen molar-refractivity contribution in [3.8, 4) is 0 Å². The van der Waals surface area contributed by atoms with Gasteiger partial charge in [0.1, 0.15) is 6.04 Å². The van der Waals surface area contributed by atoms with Crippen LogP contribution in [0.25, 0.3) is 0 Å². The van der Waals surface area contributed by atoms with Crippen molar-refractivity contribution >= 4 is 23.8 Å². The third-order valence-corrected chi connectivity index (χ3v) is 1.90. The Balaban J connectivity index is 4.02. The Morgan fingerprint density at radius 3 is 2.22 bits per heavy atom. The number of nitrogens with one attached hydrogen (secondary N) is 2. The third-order valence-electron chi connectivity index (χ3n) is 1.90. The Bertz CT molecular complexity index is 356. The monoisotopic (exact) mass is 261 g/mol. The van der Waals surface area contributed by atoms with Crippen LogP contribution in [0.15, 0.2) is 0 Å². The number of carboxylic acids is 2. The number of hydrogen-bond acceptors (Lipinski definition) is 5. The molecule has 0 aromatic carbocycles. The topological polar surface area (TPSA) is 159 Å². The molecule has 0 saturated heterocycles. The van der Waals surface area contributed by atoms with Gasteiger partial charge in [-0.3, -0.25) is 19.2 Å². The summed E-state index contributed by atoms with van der Waals surface area (Å²) in [6, 6.07) is -2.34. The maximum Gasteiger partial charge on any atom is 0.325 e. The number of carbonyl (C=O) groups is 4. The number of rotatable bonds is 7.